The number of carbonyl (C=O) groups excluding carboxylic acids is 1. The van der Waals surface area contributed by atoms with Crippen molar-refractivity contribution < 1.29 is 9.53 Å². The van der Waals surface area contributed by atoms with Crippen LogP contribution in [0.15, 0.2) is 30.6 Å². The van der Waals surface area contributed by atoms with Gasteiger partial charge in [-0.25, -0.2) is 0 Å². The maximum absolute atomic E-state index is 9.83. The molecule has 4 heteroatoms. The molecule has 0 saturated carbocycles. The second kappa shape index (κ2) is 7.68. The summed E-state index contributed by atoms with van der Waals surface area (Å²) in [6, 6.07) is 5.72. The van der Waals surface area contributed by atoms with Gasteiger partial charge in [-0.1, -0.05) is 6.07 Å². The number of hydrogen-bond donors (Lipinski definition) is 1. The number of esters is 1. The molecule has 0 aromatic carbocycles. The van der Waals surface area contributed by atoms with Gasteiger partial charge in [0, 0.05) is 12.4 Å². The van der Waals surface area contributed by atoms with Crippen LogP contribution in [0.5, 0.6) is 0 Å². The first-order valence-electron chi connectivity index (χ1n) is 3.43. The minimum Gasteiger partial charge on any atom is -0.468 e. The first-order chi connectivity index (χ1) is 5.81. The number of aromatic nitrogens is 1. The maximum atomic E-state index is 9.83. The largest absolute Gasteiger partial charge is 0.468 e. The van der Waals surface area contributed by atoms with Crippen LogP contribution in [-0.2, 0) is 9.53 Å². The van der Waals surface area contributed by atoms with Crippen LogP contribution in [0.1, 0.15) is 0 Å². The lowest BCUT2D eigenvalue weighted by molar-refractivity contribution is -0.138. The molecular formula is C8H12N2O2. The van der Waals surface area contributed by atoms with Gasteiger partial charge in [0.15, 0.2) is 0 Å². The standard InChI is InChI=1S/C5H5N.C3H7NO2/c1-2-4-6-5-3-1;1-6-3(5)2-4/h1-5H;2,4H2,1H3. The van der Waals surface area contributed by atoms with Crippen molar-refractivity contribution in [3.63, 3.8) is 0 Å². The highest BCUT2D eigenvalue weighted by Crippen LogP contribution is 1.73. The van der Waals surface area contributed by atoms with Crippen molar-refractivity contribution in [2.75, 3.05) is 13.7 Å². The monoisotopic (exact) mass is 168 g/mol. The van der Waals surface area contributed by atoms with E-state index in [9.17, 15) is 4.79 Å². The summed E-state index contributed by atoms with van der Waals surface area (Å²) in [4.78, 5) is 13.6. The molecule has 0 atom stereocenters. The number of ether oxygens (including phenoxy) is 1. The zero-order chi connectivity index (χ0) is 9.23. The topological polar surface area (TPSA) is 65.2 Å². The first-order valence-corrected chi connectivity index (χ1v) is 3.43. The van der Waals surface area contributed by atoms with Crippen LogP contribution >= 0.6 is 0 Å². The van der Waals surface area contributed by atoms with Crippen molar-refractivity contribution in [3.05, 3.63) is 30.6 Å². The van der Waals surface area contributed by atoms with E-state index in [1.807, 2.05) is 18.2 Å². The lowest BCUT2D eigenvalue weighted by Crippen LogP contribution is -2.14. The maximum Gasteiger partial charge on any atom is 0.319 e. The minimum atomic E-state index is -0.380. The van der Waals surface area contributed by atoms with Crippen LogP contribution in [0, 0.1) is 0 Å². The Hall–Kier alpha value is -1.42. The van der Waals surface area contributed by atoms with Gasteiger partial charge in [-0.3, -0.25) is 9.78 Å². The molecule has 0 saturated heterocycles. The van der Waals surface area contributed by atoms with Gasteiger partial charge in [0.25, 0.3) is 0 Å². The number of hydrogen-bond acceptors (Lipinski definition) is 4. The summed E-state index contributed by atoms with van der Waals surface area (Å²) in [5, 5.41) is 0. The molecule has 0 aliphatic heterocycles. The third kappa shape index (κ3) is 6.70. The van der Waals surface area contributed by atoms with E-state index < -0.39 is 0 Å². The normalized spacial score (nSPS) is 7.83. The highest BCUT2D eigenvalue weighted by Gasteiger charge is 1.87. The van der Waals surface area contributed by atoms with E-state index >= 15 is 0 Å². The lowest BCUT2D eigenvalue weighted by Gasteiger charge is -1.87. The Kier molecular flexibility index (Phi) is 6.78. The van der Waals surface area contributed by atoms with Crippen LogP contribution < -0.4 is 5.73 Å². The molecule has 0 aliphatic rings. The zero-order valence-corrected chi connectivity index (χ0v) is 6.93. The quantitative estimate of drug-likeness (QED) is 0.608. The highest BCUT2D eigenvalue weighted by molar-refractivity contribution is 5.70. The van der Waals surface area contributed by atoms with E-state index in [1.54, 1.807) is 12.4 Å². The van der Waals surface area contributed by atoms with Crippen molar-refractivity contribution in [1.82, 2.24) is 4.98 Å². The van der Waals surface area contributed by atoms with Crippen LogP contribution in [0.2, 0.25) is 0 Å². The third-order valence-electron chi connectivity index (χ3n) is 0.961. The van der Waals surface area contributed by atoms with Crippen molar-refractivity contribution in [1.29, 1.82) is 0 Å². The molecule has 4 nitrogen and oxygen atoms in total. The molecule has 12 heavy (non-hydrogen) atoms. The average molecular weight is 168 g/mol. The molecule has 1 aromatic rings. The Labute approximate surface area is 71.4 Å². The van der Waals surface area contributed by atoms with Crippen molar-refractivity contribution >= 4 is 5.97 Å². The predicted molar refractivity (Wildman–Crippen MR) is 45.3 cm³/mol. The number of pyridine rings is 1. The molecule has 0 unspecified atom stereocenters. The van der Waals surface area contributed by atoms with Crippen molar-refractivity contribution in [2.24, 2.45) is 5.73 Å². The zero-order valence-electron chi connectivity index (χ0n) is 6.93. The number of rotatable bonds is 1. The lowest BCUT2D eigenvalue weighted by atomic mass is 10.5. The number of nitrogens with zero attached hydrogens (tertiary/aromatic N) is 1. The van der Waals surface area contributed by atoms with Gasteiger partial charge in [0.1, 0.15) is 0 Å². The second-order valence-electron chi connectivity index (χ2n) is 1.80. The molecule has 0 aliphatic carbocycles. The van der Waals surface area contributed by atoms with Gasteiger partial charge in [-0.05, 0) is 12.1 Å². The van der Waals surface area contributed by atoms with Gasteiger partial charge in [0.05, 0.1) is 13.7 Å². The molecule has 0 spiro atoms. The summed E-state index contributed by atoms with van der Waals surface area (Å²) >= 11 is 0. The van der Waals surface area contributed by atoms with Gasteiger partial charge in [-0.15, -0.1) is 0 Å². The molecule has 0 amide bonds. The van der Waals surface area contributed by atoms with E-state index in [0.29, 0.717) is 0 Å². The van der Waals surface area contributed by atoms with Crippen LogP contribution in [0.3, 0.4) is 0 Å². The van der Waals surface area contributed by atoms with Gasteiger partial charge in [-0.2, -0.15) is 0 Å². The minimum absolute atomic E-state index is 0.0312. The summed E-state index contributed by atoms with van der Waals surface area (Å²) in [5.74, 6) is -0.380. The SMILES string of the molecule is COC(=O)CN.c1ccncc1. The number of nitrogens with two attached hydrogens (primary N) is 1. The Balaban J connectivity index is 0.000000202. The van der Waals surface area contributed by atoms with Crippen molar-refractivity contribution in [2.45, 2.75) is 0 Å². The molecule has 66 valence electrons. The predicted octanol–water partition coefficient (Wildman–Crippen LogP) is 0.200. The Bertz CT molecular complexity index is 169. The van der Waals surface area contributed by atoms with E-state index in [0.717, 1.165) is 0 Å². The van der Waals surface area contributed by atoms with E-state index in [2.05, 4.69) is 9.72 Å². The van der Waals surface area contributed by atoms with Gasteiger partial charge >= 0.3 is 5.97 Å². The van der Waals surface area contributed by atoms with E-state index in [-0.39, 0.29) is 12.5 Å². The summed E-state index contributed by atoms with van der Waals surface area (Å²) in [6.45, 7) is -0.0312. The molecule has 0 bridgehead atoms. The fourth-order valence-corrected chi connectivity index (χ4v) is 0.396. The smallest absolute Gasteiger partial charge is 0.319 e. The fourth-order valence-electron chi connectivity index (χ4n) is 0.396. The molecule has 1 aromatic heterocycles. The molecular weight excluding hydrogens is 156 g/mol. The third-order valence-corrected chi connectivity index (χ3v) is 0.961. The summed E-state index contributed by atoms with van der Waals surface area (Å²) < 4.78 is 4.14. The Morgan fingerprint density at radius 1 is 1.42 bits per heavy atom. The Morgan fingerprint density at radius 2 is 2.00 bits per heavy atom. The van der Waals surface area contributed by atoms with Crippen LogP contribution in [0.25, 0.3) is 0 Å². The molecule has 2 N–H and O–H groups in total. The first kappa shape index (κ1) is 10.6. The highest BCUT2D eigenvalue weighted by atomic mass is 16.5. The summed E-state index contributed by atoms with van der Waals surface area (Å²) in [5.41, 5.74) is 4.81. The van der Waals surface area contributed by atoms with Crippen LogP contribution in [-0.4, -0.2) is 24.6 Å². The van der Waals surface area contributed by atoms with Gasteiger partial charge in [0.2, 0.25) is 0 Å². The van der Waals surface area contributed by atoms with Gasteiger partial charge < -0.3 is 10.5 Å². The fraction of sp³-hybridized carbons (Fsp3) is 0.250. The summed E-state index contributed by atoms with van der Waals surface area (Å²) in [6.07, 6.45) is 3.50. The molecule has 1 rings (SSSR count). The molecule has 1 heterocycles. The molecule has 0 fully saturated rings. The van der Waals surface area contributed by atoms with E-state index in [4.69, 9.17) is 5.73 Å². The average Bonchev–Trinajstić information content (AvgIpc) is 2.20. The van der Waals surface area contributed by atoms with Crippen molar-refractivity contribution in [3.8, 4) is 0 Å². The number of carbonyl (C=O) groups is 1. The number of methoxy groups -OCH3 is 1. The summed E-state index contributed by atoms with van der Waals surface area (Å²) in [7, 11) is 1.30. The second-order valence-corrected chi connectivity index (χ2v) is 1.80. The van der Waals surface area contributed by atoms with Crippen LogP contribution in [0.4, 0.5) is 0 Å². The molecule has 0 radical (unpaired) electrons. The Morgan fingerprint density at radius 3 is 2.08 bits per heavy atom. The van der Waals surface area contributed by atoms with E-state index in [1.165, 1.54) is 7.11 Å².